The van der Waals surface area contributed by atoms with Gasteiger partial charge in [-0.2, -0.15) is 0 Å². The predicted octanol–water partition coefficient (Wildman–Crippen LogP) is 0.782. The van der Waals surface area contributed by atoms with Crippen LogP contribution < -0.4 is 10.6 Å². The Labute approximate surface area is 112 Å². The van der Waals surface area contributed by atoms with E-state index >= 15 is 0 Å². The smallest absolute Gasteiger partial charge is 0.203 e. The van der Waals surface area contributed by atoms with Crippen LogP contribution >= 0.6 is 12.4 Å². The first-order chi connectivity index (χ1) is 8.25. The number of rotatable bonds is 1. The molecular formula is C11H17ClN6. The van der Waals surface area contributed by atoms with Gasteiger partial charge < -0.3 is 10.6 Å². The Morgan fingerprint density at radius 3 is 2.72 bits per heavy atom. The van der Waals surface area contributed by atoms with Crippen LogP contribution in [0, 0.1) is 6.92 Å². The molecule has 6 nitrogen and oxygen atoms in total. The number of hydrogen-bond acceptors (Lipinski definition) is 5. The summed E-state index contributed by atoms with van der Waals surface area (Å²) >= 11 is 0. The molecule has 2 N–H and O–H groups in total. The number of hydrogen-bond donors (Lipinski definition) is 1. The van der Waals surface area contributed by atoms with Crippen LogP contribution in [0.1, 0.15) is 18.7 Å². The second-order valence-electron chi connectivity index (χ2n) is 4.52. The molecule has 2 aromatic rings. The van der Waals surface area contributed by atoms with E-state index < -0.39 is 0 Å². The first kappa shape index (κ1) is 13.0. The van der Waals surface area contributed by atoms with Crippen LogP contribution in [0.4, 0.5) is 5.82 Å². The molecule has 0 aliphatic carbocycles. The minimum absolute atomic E-state index is 0. The van der Waals surface area contributed by atoms with Gasteiger partial charge in [0, 0.05) is 31.5 Å². The van der Waals surface area contributed by atoms with E-state index in [-0.39, 0.29) is 12.4 Å². The van der Waals surface area contributed by atoms with E-state index in [9.17, 15) is 0 Å². The van der Waals surface area contributed by atoms with Crippen molar-refractivity contribution in [3.8, 4) is 0 Å². The summed E-state index contributed by atoms with van der Waals surface area (Å²) in [6.07, 6.45) is 5.71. The van der Waals surface area contributed by atoms with Crippen molar-refractivity contribution >= 4 is 23.9 Å². The van der Waals surface area contributed by atoms with E-state index in [2.05, 4.69) is 20.1 Å². The molecule has 3 rings (SSSR count). The summed E-state index contributed by atoms with van der Waals surface area (Å²) in [6.45, 7) is 3.83. The van der Waals surface area contributed by atoms with Crippen LogP contribution in [0.5, 0.6) is 0 Å². The highest BCUT2D eigenvalue weighted by atomic mass is 35.5. The van der Waals surface area contributed by atoms with Gasteiger partial charge in [-0.15, -0.1) is 22.6 Å². The number of halogens is 1. The molecule has 0 atom stereocenters. The third-order valence-corrected chi connectivity index (χ3v) is 3.32. The number of nitrogens with two attached hydrogens (primary N) is 1. The molecule has 0 saturated carbocycles. The van der Waals surface area contributed by atoms with E-state index in [1.165, 1.54) is 0 Å². The lowest BCUT2D eigenvalue weighted by atomic mass is 10.1. The Morgan fingerprint density at radius 1 is 1.28 bits per heavy atom. The van der Waals surface area contributed by atoms with Crippen molar-refractivity contribution in [3.63, 3.8) is 0 Å². The van der Waals surface area contributed by atoms with Gasteiger partial charge in [-0.25, -0.2) is 4.98 Å². The molecule has 98 valence electrons. The minimum Gasteiger partial charge on any atom is -0.353 e. The van der Waals surface area contributed by atoms with E-state index in [1.807, 2.05) is 17.5 Å². The maximum Gasteiger partial charge on any atom is 0.203 e. The lowest BCUT2D eigenvalue weighted by molar-refractivity contribution is 0.499. The molecule has 0 aromatic carbocycles. The second-order valence-corrected chi connectivity index (χ2v) is 4.52. The van der Waals surface area contributed by atoms with Crippen LogP contribution in [-0.4, -0.2) is 38.7 Å². The SMILES string of the molecule is Cc1nnc2c(N3CCC(N)CC3)nccn12.Cl. The van der Waals surface area contributed by atoms with Gasteiger partial charge in [0.25, 0.3) is 0 Å². The molecule has 0 amide bonds. The normalized spacial score (nSPS) is 16.9. The second kappa shape index (κ2) is 5.07. The third kappa shape index (κ3) is 2.13. The van der Waals surface area contributed by atoms with E-state index in [1.54, 1.807) is 6.20 Å². The van der Waals surface area contributed by atoms with Crippen LogP contribution in [0.2, 0.25) is 0 Å². The number of nitrogens with zero attached hydrogens (tertiary/aromatic N) is 5. The zero-order chi connectivity index (χ0) is 11.8. The average Bonchev–Trinajstić information content (AvgIpc) is 2.73. The Balaban J connectivity index is 0.00000120. The third-order valence-electron chi connectivity index (χ3n) is 3.32. The summed E-state index contributed by atoms with van der Waals surface area (Å²) in [5, 5.41) is 8.28. The molecule has 2 aromatic heterocycles. The summed E-state index contributed by atoms with van der Waals surface area (Å²) in [7, 11) is 0. The van der Waals surface area contributed by atoms with Gasteiger partial charge in [0.05, 0.1) is 0 Å². The zero-order valence-corrected chi connectivity index (χ0v) is 11.1. The molecule has 0 bridgehead atoms. The fourth-order valence-electron chi connectivity index (χ4n) is 2.26. The van der Waals surface area contributed by atoms with Crippen LogP contribution in [0.15, 0.2) is 12.4 Å². The summed E-state index contributed by atoms with van der Waals surface area (Å²) in [6, 6.07) is 0.325. The first-order valence-corrected chi connectivity index (χ1v) is 5.92. The molecule has 1 saturated heterocycles. The molecule has 1 aliphatic heterocycles. The maximum atomic E-state index is 5.91. The lowest BCUT2D eigenvalue weighted by Gasteiger charge is -2.30. The maximum absolute atomic E-state index is 5.91. The van der Waals surface area contributed by atoms with Crippen molar-refractivity contribution in [3.05, 3.63) is 18.2 Å². The Bertz CT molecular complexity index is 531. The van der Waals surface area contributed by atoms with Crippen molar-refractivity contribution in [1.82, 2.24) is 19.6 Å². The van der Waals surface area contributed by atoms with Gasteiger partial charge in [-0.3, -0.25) is 4.40 Å². The Hall–Kier alpha value is -1.40. The summed E-state index contributed by atoms with van der Waals surface area (Å²) in [5.41, 5.74) is 6.75. The molecule has 0 radical (unpaired) electrons. The van der Waals surface area contributed by atoms with Crippen molar-refractivity contribution in [1.29, 1.82) is 0 Å². The molecule has 7 heteroatoms. The number of aromatic nitrogens is 4. The van der Waals surface area contributed by atoms with Crippen LogP contribution in [-0.2, 0) is 0 Å². The molecule has 0 spiro atoms. The van der Waals surface area contributed by atoms with E-state index in [0.29, 0.717) is 6.04 Å². The molecular weight excluding hydrogens is 252 g/mol. The van der Waals surface area contributed by atoms with E-state index in [0.717, 1.165) is 43.2 Å². The summed E-state index contributed by atoms with van der Waals surface area (Å²) < 4.78 is 1.97. The molecule has 18 heavy (non-hydrogen) atoms. The van der Waals surface area contributed by atoms with Crippen LogP contribution in [0.25, 0.3) is 5.65 Å². The Kier molecular flexibility index (Phi) is 3.68. The monoisotopic (exact) mass is 268 g/mol. The number of fused-ring (bicyclic) bond motifs is 1. The van der Waals surface area contributed by atoms with E-state index in [4.69, 9.17) is 5.73 Å². The summed E-state index contributed by atoms with van der Waals surface area (Å²) in [5.74, 6) is 1.80. The van der Waals surface area contributed by atoms with Crippen molar-refractivity contribution in [2.75, 3.05) is 18.0 Å². The largest absolute Gasteiger partial charge is 0.353 e. The fraction of sp³-hybridized carbons (Fsp3) is 0.545. The molecule has 1 aliphatic rings. The highest BCUT2D eigenvalue weighted by Gasteiger charge is 2.20. The number of aryl methyl sites for hydroxylation is 1. The molecule has 0 unspecified atom stereocenters. The highest BCUT2D eigenvalue weighted by Crippen LogP contribution is 2.21. The van der Waals surface area contributed by atoms with Gasteiger partial charge in [-0.05, 0) is 19.8 Å². The van der Waals surface area contributed by atoms with Gasteiger partial charge in [0.1, 0.15) is 5.82 Å². The van der Waals surface area contributed by atoms with Crippen molar-refractivity contribution in [2.45, 2.75) is 25.8 Å². The highest BCUT2D eigenvalue weighted by molar-refractivity contribution is 5.85. The Morgan fingerprint density at radius 2 is 2.00 bits per heavy atom. The van der Waals surface area contributed by atoms with Crippen molar-refractivity contribution in [2.24, 2.45) is 5.73 Å². The average molecular weight is 269 g/mol. The van der Waals surface area contributed by atoms with Crippen LogP contribution in [0.3, 0.4) is 0 Å². The van der Waals surface area contributed by atoms with Gasteiger partial charge >= 0.3 is 0 Å². The van der Waals surface area contributed by atoms with Gasteiger partial charge in [0.2, 0.25) is 5.65 Å². The predicted molar refractivity (Wildman–Crippen MR) is 72.2 cm³/mol. The number of anilines is 1. The zero-order valence-electron chi connectivity index (χ0n) is 10.3. The summed E-state index contributed by atoms with van der Waals surface area (Å²) in [4.78, 5) is 6.67. The molecule has 3 heterocycles. The van der Waals surface area contributed by atoms with Gasteiger partial charge in [0.15, 0.2) is 5.82 Å². The number of piperidine rings is 1. The quantitative estimate of drug-likeness (QED) is 0.828. The standard InChI is InChI=1S/C11H16N6.ClH/c1-8-14-15-11-10(13-4-7-17(8)11)16-5-2-9(12)3-6-16;/h4,7,9H,2-3,5-6,12H2,1H3;1H. The molecule has 1 fully saturated rings. The minimum atomic E-state index is 0. The topological polar surface area (TPSA) is 72.3 Å². The fourth-order valence-corrected chi connectivity index (χ4v) is 2.26. The first-order valence-electron chi connectivity index (χ1n) is 5.92. The van der Waals surface area contributed by atoms with Crippen molar-refractivity contribution < 1.29 is 0 Å². The lowest BCUT2D eigenvalue weighted by Crippen LogP contribution is -2.40. The van der Waals surface area contributed by atoms with Gasteiger partial charge in [-0.1, -0.05) is 0 Å².